The highest BCUT2D eigenvalue weighted by molar-refractivity contribution is 6.18. The van der Waals surface area contributed by atoms with E-state index in [1.165, 1.54) is 0 Å². The van der Waals surface area contributed by atoms with Crippen LogP contribution >= 0.6 is 11.6 Å². The summed E-state index contributed by atoms with van der Waals surface area (Å²) >= 11 is 5.09. The van der Waals surface area contributed by atoms with Crippen LogP contribution in [0, 0.1) is 0 Å². The Bertz CT molecular complexity index is 137. The number of rotatable bonds is 1. The second kappa shape index (κ2) is 6.08. The third-order valence-electron chi connectivity index (χ3n) is 0.957. The highest BCUT2D eigenvalue weighted by atomic mass is 35.5. The minimum absolute atomic E-state index is 0.0486. The van der Waals surface area contributed by atoms with Crippen LogP contribution in [0.25, 0.3) is 0 Å². The number of alkyl halides is 1. The van der Waals surface area contributed by atoms with Gasteiger partial charge in [0.05, 0.1) is 6.10 Å². The summed E-state index contributed by atoms with van der Waals surface area (Å²) in [6, 6.07) is 0. The van der Waals surface area contributed by atoms with E-state index in [0.717, 1.165) is 0 Å². The number of carbonyl (C=O) groups is 1. The van der Waals surface area contributed by atoms with Gasteiger partial charge < -0.3 is 14.6 Å². The summed E-state index contributed by atoms with van der Waals surface area (Å²) in [6.45, 7) is 3.83. The van der Waals surface area contributed by atoms with Gasteiger partial charge in [-0.15, -0.1) is 11.6 Å². The maximum Gasteiger partial charge on any atom is 0.508 e. The summed E-state index contributed by atoms with van der Waals surface area (Å²) in [5.74, 6) is 0.333. The first-order valence-corrected chi connectivity index (χ1v) is 4.17. The lowest BCUT2D eigenvalue weighted by Gasteiger charge is -1.90. The topological polar surface area (TPSA) is 55.8 Å². The number of hydrogen-bond donors (Lipinski definition) is 1. The summed E-state index contributed by atoms with van der Waals surface area (Å²) in [7, 11) is 0. The molecule has 0 aliphatic carbocycles. The predicted molar refractivity (Wildman–Crippen MR) is 44.3 cm³/mol. The van der Waals surface area contributed by atoms with Gasteiger partial charge >= 0.3 is 6.16 Å². The van der Waals surface area contributed by atoms with Gasteiger partial charge in [-0.25, -0.2) is 4.79 Å². The zero-order valence-electron chi connectivity index (χ0n) is 7.12. The molecule has 0 saturated carbocycles. The summed E-state index contributed by atoms with van der Waals surface area (Å²) in [6.07, 6.45) is -0.948. The zero-order chi connectivity index (χ0) is 9.56. The standard InChI is InChI=1S/C4H6O3.C3H7ClO/c1-3-2-6-4(5)7-3;1-3(5)2-4/h3H,2H2,1H3;3,5H,2H2,1H3. The first-order chi connectivity index (χ1) is 5.56. The summed E-state index contributed by atoms with van der Waals surface area (Å²) in [4.78, 5) is 10.0. The van der Waals surface area contributed by atoms with Crippen molar-refractivity contribution in [3.63, 3.8) is 0 Å². The van der Waals surface area contributed by atoms with Crippen LogP contribution in [0.1, 0.15) is 13.8 Å². The van der Waals surface area contributed by atoms with Gasteiger partial charge in [0.15, 0.2) is 0 Å². The van der Waals surface area contributed by atoms with E-state index >= 15 is 0 Å². The molecule has 1 N–H and O–H groups in total. The molecule has 0 aromatic rings. The molecule has 12 heavy (non-hydrogen) atoms. The molecule has 1 aliphatic rings. The van der Waals surface area contributed by atoms with Gasteiger partial charge in [0, 0.05) is 5.88 Å². The second-order valence-corrected chi connectivity index (χ2v) is 2.80. The zero-order valence-corrected chi connectivity index (χ0v) is 7.87. The minimum atomic E-state index is -0.549. The van der Waals surface area contributed by atoms with Crippen molar-refractivity contribution in [1.82, 2.24) is 0 Å². The van der Waals surface area contributed by atoms with Crippen molar-refractivity contribution in [2.45, 2.75) is 26.1 Å². The van der Waals surface area contributed by atoms with Crippen LogP contribution in [0.15, 0.2) is 0 Å². The summed E-state index contributed by atoms with van der Waals surface area (Å²) in [5, 5.41) is 8.23. The van der Waals surface area contributed by atoms with Crippen LogP contribution in [-0.2, 0) is 9.47 Å². The third kappa shape index (κ3) is 6.24. The molecule has 0 radical (unpaired) electrons. The summed E-state index contributed by atoms with van der Waals surface area (Å²) in [5.41, 5.74) is 0. The van der Waals surface area contributed by atoms with Gasteiger partial charge in [-0.2, -0.15) is 0 Å². The van der Waals surface area contributed by atoms with E-state index in [1.54, 1.807) is 13.8 Å². The highest BCUT2D eigenvalue weighted by Gasteiger charge is 2.19. The van der Waals surface area contributed by atoms with E-state index in [2.05, 4.69) is 9.47 Å². The number of cyclic esters (lactones) is 2. The van der Waals surface area contributed by atoms with E-state index in [0.29, 0.717) is 12.5 Å². The van der Waals surface area contributed by atoms with Gasteiger partial charge in [0.2, 0.25) is 0 Å². The number of aliphatic hydroxyl groups excluding tert-OH is 1. The van der Waals surface area contributed by atoms with Gasteiger partial charge in [0.1, 0.15) is 12.7 Å². The molecule has 0 bridgehead atoms. The highest BCUT2D eigenvalue weighted by Crippen LogP contribution is 2.02. The number of aliphatic hydroxyl groups is 1. The molecule has 72 valence electrons. The lowest BCUT2D eigenvalue weighted by atomic mass is 10.5. The molecule has 0 aromatic carbocycles. The molecule has 2 atom stereocenters. The Kier molecular flexibility index (Phi) is 5.84. The fraction of sp³-hybridized carbons (Fsp3) is 0.857. The van der Waals surface area contributed by atoms with Crippen LogP contribution in [0.4, 0.5) is 4.79 Å². The minimum Gasteiger partial charge on any atom is -0.430 e. The maximum atomic E-state index is 10.0. The number of hydrogen-bond acceptors (Lipinski definition) is 4. The Labute approximate surface area is 76.4 Å². The molecule has 1 aliphatic heterocycles. The van der Waals surface area contributed by atoms with Crippen LogP contribution in [-0.4, -0.2) is 36.0 Å². The van der Waals surface area contributed by atoms with Crippen molar-refractivity contribution in [3.05, 3.63) is 0 Å². The quantitative estimate of drug-likeness (QED) is 0.505. The fourth-order valence-corrected chi connectivity index (χ4v) is 0.418. The monoisotopic (exact) mass is 196 g/mol. The molecule has 2 unspecified atom stereocenters. The smallest absolute Gasteiger partial charge is 0.430 e. The summed E-state index contributed by atoms with van der Waals surface area (Å²) < 4.78 is 8.90. The van der Waals surface area contributed by atoms with Crippen molar-refractivity contribution in [2.24, 2.45) is 0 Å². The van der Waals surface area contributed by atoms with E-state index in [-0.39, 0.29) is 12.2 Å². The average molecular weight is 197 g/mol. The Morgan fingerprint density at radius 2 is 2.33 bits per heavy atom. The SMILES string of the molecule is CC(O)CCl.CC1COC(=O)O1. The number of halogens is 1. The van der Waals surface area contributed by atoms with E-state index in [1.807, 2.05) is 0 Å². The molecule has 0 aromatic heterocycles. The molecule has 0 spiro atoms. The van der Waals surface area contributed by atoms with E-state index in [9.17, 15) is 4.79 Å². The molecular weight excluding hydrogens is 184 g/mol. The van der Waals surface area contributed by atoms with Crippen LogP contribution < -0.4 is 0 Å². The van der Waals surface area contributed by atoms with Gasteiger partial charge in [-0.3, -0.25) is 0 Å². The van der Waals surface area contributed by atoms with Crippen molar-refractivity contribution in [2.75, 3.05) is 12.5 Å². The van der Waals surface area contributed by atoms with Crippen LogP contribution in [0.3, 0.4) is 0 Å². The van der Waals surface area contributed by atoms with Gasteiger partial charge in [-0.05, 0) is 13.8 Å². The van der Waals surface area contributed by atoms with Crippen molar-refractivity contribution >= 4 is 17.8 Å². The molecular formula is C7H13ClO4. The first-order valence-electron chi connectivity index (χ1n) is 3.63. The normalized spacial score (nSPS) is 23.3. The van der Waals surface area contributed by atoms with Crippen LogP contribution in [0.5, 0.6) is 0 Å². The number of carbonyl (C=O) groups excluding carboxylic acids is 1. The maximum absolute atomic E-state index is 10.0. The molecule has 1 rings (SSSR count). The van der Waals surface area contributed by atoms with Crippen molar-refractivity contribution < 1.29 is 19.4 Å². The largest absolute Gasteiger partial charge is 0.508 e. The van der Waals surface area contributed by atoms with Crippen molar-refractivity contribution in [1.29, 1.82) is 0 Å². The number of ether oxygens (including phenoxy) is 2. The first kappa shape index (κ1) is 11.5. The lowest BCUT2D eigenvalue weighted by Crippen LogP contribution is -2.01. The van der Waals surface area contributed by atoms with Crippen LogP contribution in [0.2, 0.25) is 0 Å². The molecule has 1 heterocycles. The molecule has 0 amide bonds. The average Bonchev–Trinajstić information content (AvgIpc) is 2.36. The van der Waals surface area contributed by atoms with Gasteiger partial charge in [0.25, 0.3) is 0 Å². The molecule has 4 nitrogen and oxygen atoms in total. The van der Waals surface area contributed by atoms with E-state index in [4.69, 9.17) is 16.7 Å². The fourth-order valence-electron chi connectivity index (χ4n) is 0.418. The third-order valence-corrected chi connectivity index (χ3v) is 1.40. The molecule has 5 heteroatoms. The molecule has 1 fully saturated rings. The Morgan fingerprint density at radius 3 is 2.42 bits per heavy atom. The Balaban J connectivity index is 0.000000217. The van der Waals surface area contributed by atoms with Crippen molar-refractivity contribution in [3.8, 4) is 0 Å². The Hall–Kier alpha value is -0.480. The van der Waals surface area contributed by atoms with E-state index < -0.39 is 6.16 Å². The Morgan fingerprint density at radius 1 is 1.83 bits per heavy atom. The molecule has 1 saturated heterocycles. The van der Waals surface area contributed by atoms with Gasteiger partial charge in [-0.1, -0.05) is 0 Å². The predicted octanol–water partition coefficient (Wildman–Crippen LogP) is 1.15. The second-order valence-electron chi connectivity index (χ2n) is 2.49. The lowest BCUT2D eigenvalue weighted by molar-refractivity contribution is 0.121.